The van der Waals surface area contributed by atoms with Gasteiger partial charge in [0.15, 0.2) is 0 Å². The molecule has 0 N–H and O–H groups in total. The summed E-state index contributed by atoms with van der Waals surface area (Å²) < 4.78 is 30.6. The normalized spacial score (nSPS) is 37.6. The van der Waals surface area contributed by atoms with E-state index in [-0.39, 0.29) is 23.2 Å². The quantitative estimate of drug-likeness (QED) is 0.428. The van der Waals surface area contributed by atoms with Crippen molar-refractivity contribution in [3.8, 4) is 0 Å². The van der Waals surface area contributed by atoms with Crippen molar-refractivity contribution in [2.24, 2.45) is 23.7 Å². The molecule has 30 heavy (non-hydrogen) atoms. The molecule has 0 radical (unpaired) electrons. The van der Waals surface area contributed by atoms with Crippen molar-refractivity contribution in [2.45, 2.75) is 50.9 Å². The van der Waals surface area contributed by atoms with Crippen molar-refractivity contribution >= 4 is 17.9 Å². The van der Waals surface area contributed by atoms with Crippen LogP contribution in [0.2, 0.25) is 0 Å². The van der Waals surface area contributed by atoms with Gasteiger partial charge < -0.3 is 14.2 Å². The molecule has 7 unspecified atom stereocenters. The van der Waals surface area contributed by atoms with Crippen LogP contribution in [-0.2, 0) is 40.6 Å². The van der Waals surface area contributed by atoms with Crippen LogP contribution in [-0.4, -0.2) is 30.1 Å². The molecule has 4 aliphatic rings. The Kier molecular flexibility index (Phi) is 4.11. The Morgan fingerprint density at radius 2 is 2.07 bits per heavy atom. The van der Waals surface area contributed by atoms with Crippen LogP contribution in [0.3, 0.4) is 0 Å². The minimum absolute atomic E-state index is 0.152. The summed E-state index contributed by atoms with van der Waals surface area (Å²) in [6.07, 6.45) is 0.556. The Balaban J connectivity index is 1.40. The van der Waals surface area contributed by atoms with E-state index < -0.39 is 47.6 Å². The molecule has 7 heteroatoms. The van der Waals surface area contributed by atoms with Gasteiger partial charge in [-0.2, -0.15) is 0 Å². The molecular weight excluding hydrogens is 391 g/mol. The molecule has 6 nitrogen and oxygen atoms in total. The molecular formula is C23H23FO6. The van der Waals surface area contributed by atoms with Crippen LogP contribution in [0.5, 0.6) is 0 Å². The first-order valence-electron chi connectivity index (χ1n) is 10.3. The fourth-order valence-corrected chi connectivity index (χ4v) is 5.88. The summed E-state index contributed by atoms with van der Waals surface area (Å²) in [6, 6.07) is 4.49. The van der Waals surface area contributed by atoms with Crippen LogP contribution in [0.4, 0.5) is 4.39 Å². The highest BCUT2D eigenvalue weighted by atomic mass is 19.1. The van der Waals surface area contributed by atoms with Crippen LogP contribution in [0.15, 0.2) is 30.4 Å². The fraction of sp³-hybridized carbons (Fsp3) is 0.522. The summed E-state index contributed by atoms with van der Waals surface area (Å²) in [5, 5.41) is 0. The maximum atomic E-state index is 13.6. The van der Waals surface area contributed by atoms with Crippen LogP contribution >= 0.6 is 0 Å². The average molecular weight is 414 g/mol. The number of benzene rings is 1. The monoisotopic (exact) mass is 414 g/mol. The summed E-state index contributed by atoms with van der Waals surface area (Å²) in [5.41, 5.74) is 0.984. The zero-order chi connectivity index (χ0) is 21.4. The molecule has 2 bridgehead atoms. The number of fused-ring (bicyclic) bond motifs is 2. The molecule has 1 aliphatic heterocycles. The number of esters is 3. The molecule has 0 amide bonds. The standard InChI is InChI=1S/C23H23FO6/c1-10(2)20(25)28-18-14-9-13-16(21(26)29-19(13)18)17(14)22(27)30-23(3)7-6-11-8-12(24)4-5-15(11)23/h4-5,8,13-14,16-19H,1,6-7,9H2,2-3H3. The lowest BCUT2D eigenvalue weighted by atomic mass is 9.78. The molecule has 158 valence electrons. The number of carbonyl (C=O) groups excluding carboxylic acids is 3. The third-order valence-electron chi connectivity index (χ3n) is 7.24. The second-order valence-corrected chi connectivity index (χ2v) is 9.12. The van der Waals surface area contributed by atoms with Crippen molar-refractivity contribution in [3.63, 3.8) is 0 Å². The first kappa shape index (κ1) is 19.3. The van der Waals surface area contributed by atoms with Gasteiger partial charge in [-0.15, -0.1) is 0 Å². The minimum atomic E-state index is -0.881. The van der Waals surface area contributed by atoms with E-state index in [1.165, 1.54) is 12.1 Å². The largest absolute Gasteiger partial charge is 0.458 e. The van der Waals surface area contributed by atoms with Crippen LogP contribution in [0, 0.1) is 29.5 Å². The van der Waals surface area contributed by atoms with Crippen LogP contribution in [0.25, 0.3) is 0 Å². The highest BCUT2D eigenvalue weighted by molar-refractivity contribution is 5.88. The molecule has 0 aromatic heterocycles. The van der Waals surface area contributed by atoms with Gasteiger partial charge >= 0.3 is 17.9 Å². The smallest absolute Gasteiger partial charge is 0.333 e. The van der Waals surface area contributed by atoms with Crippen molar-refractivity contribution < 1.29 is 33.0 Å². The average Bonchev–Trinajstić information content (AvgIpc) is 3.37. The topological polar surface area (TPSA) is 78.9 Å². The number of hydrogen-bond acceptors (Lipinski definition) is 6. The van der Waals surface area contributed by atoms with E-state index >= 15 is 0 Å². The summed E-state index contributed by atoms with van der Waals surface area (Å²) in [7, 11) is 0. The van der Waals surface area contributed by atoms with Gasteiger partial charge in [-0.3, -0.25) is 9.59 Å². The number of rotatable bonds is 4. The number of carbonyl (C=O) groups is 3. The first-order valence-corrected chi connectivity index (χ1v) is 10.3. The maximum Gasteiger partial charge on any atom is 0.333 e. The summed E-state index contributed by atoms with van der Waals surface area (Å²) in [4.78, 5) is 37.9. The molecule has 1 aromatic carbocycles. The number of halogens is 1. The Labute approximate surface area is 173 Å². The van der Waals surface area contributed by atoms with Gasteiger partial charge in [-0.1, -0.05) is 12.6 Å². The number of aryl methyl sites for hydroxylation is 1. The minimum Gasteiger partial charge on any atom is -0.458 e. The van der Waals surface area contributed by atoms with Gasteiger partial charge in [0.25, 0.3) is 0 Å². The molecule has 3 fully saturated rings. The van der Waals surface area contributed by atoms with E-state index in [0.29, 0.717) is 19.3 Å². The lowest BCUT2D eigenvalue weighted by molar-refractivity contribution is -0.173. The molecule has 1 aromatic rings. The van der Waals surface area contributed by atoms with Crippen molar-refractivity contribution in [2.75, 3.05) is 0 Å². The summed E-state index contributed by atoms with van der Waals surface area (Å²) >= 11 is 0. The molecule has 7 atom stereocenters. The summed E-state index contributed by atoms with van der Waals surface area (Å²) in [5.74, 6) is -3.55. The van der Waals surface area contributed by atoms with E-state index in [9.17, 15) is 18.8 Å². The maximum absolute atomic E-state index is 13.6. The SMILES string of the molecule is C=C(C)C(=O)OC1C2CC3C1OC(=O)C3C2C(=O)OC1(C)CCc2cc(F)ccc21. The molecule has 0 spiro atoms. The lowest BCUT2D eigenvalue weighted by Gasteiger charge is -2.33. The second kappa shape index (κ2) is 6.40. The third kappa shape index (κ3) is 2.63. The third-order valence-corrected chi connectivity index (χ3v) is 7.24. The molecule has 3 aliphatic carbocycles. The van der Waals surface area contributed by atoms with Gasteiger partial charge in [0.2, 0.25) is 0 Å². The molecule has 5 rings (SSSR count). The van der Waals surface area contributed by atoms with Crippen molar-refractivity contribution in [1.29, 1.82) is 0 Å². The number of ether oxygens (including phenoxy) is 3. The first-order chi connectivity index (χ1) is 14.2. The Bertz CT molecular complexity index is 986. The predicted octanol–water partition coefficient (Wildman–Crippen LogP) is 2.83. The van der Waals surface area contributed by atoms with E-state index in [0.717, 1.165) is 11.1 Å². The second-order valence-electron chi connectivity index (χ2n) is 9.12. The zero-order valence-corrected chi connectivity index (χ0v) is 16.9. The van der Waals surface area contributed by atoms with Gasteiger partial charge in [-0.25, -0.2) is 9.18 Å². The fourth-order valence-electron chi connectivity index (χ4n) is 5.88. The highest BCUT2D eigenvalue weighted by Crippen LogP contribution is 2.59. The van der Waals surface area contributed by atoms with Crippen LogP contribution < -0.4 is 0 Å². The predicted molar refractivity (Wildman–Crippen MR) is 101 cm³/mol. The Morgan fingerprint density at radius 1 is 1.30 bits per heavy atom. The van der Waals surface area contributed by atoms with E-state index in [1.54, 1.807) is 13.0 Å². The van der Waals surface area contributed by atoms with Gasteiger partial charge in [0.1, 0.15) is 23.6 Å². The number of hydrogen-bond donors (Lipinski definition) is 0. The van der Waals surface area contributed by atoms with Gasteiger partial charge in [0.05, 0.1) is 11.8 Å². The van der Waals surface area contributed by atoms with Crippen molar-refractivity contribution in [3.05, 3.63) is 47.3 Å². The van der Waals surface area contributed by atoms with Crippen LogP contribution in [0.1, 0.15) is 37.8 Å². The van der Waals surface area contributed by atoms with E-state index in [2.05, 4.69) is 6.58 Å². The van der Waals surface area contributed by atoms with E-state index in [4.69, 9.17) is 14.2 Å². The van der Waals surface area contributed by atoms with Crippen molar-refractivity contribution in [1.82, 2.24) is 0 Å². The summed E-state index contributed by atoms with van der Waals surface area (Å²) in [6.45, 7) is 6.96. The molecule has 2 saturated carbocycles. The van der Waals surface area contributed by atoms with E-state index in [1.807, 2.05) is 6.92 Å². The van der Waals surface area contributed by atoms with Gasteiger partial charge in [-0.05, 0) is 56.4 Å². The Hall–Kier alpha value is -2.70. The Morgan fingerprint density at radius 3 is 2.80 bits per heavy atom. The molecule has 1 saturated heterocycles. The lowest BCUT2D eigenvalue weighted by Crippen LogP contribution is -2.45. The van der Waals surface area contributed by atoms with Gasteiger partial charge in [0, 0.05) is 17.4 Å². The zero-order valence-electron chi connectivity index (χ0n) is 16.9. The highest BCUT2D eigenvalue weighted by Gasteiger charge is 2.70. The molecule has 1 heterocycles.